The standard InChI is InChI=1S/C13H19N3O2/c1-18-13(17)9-5-4-8-15-12(9)16-11-7-3-2-6-10(11)14/h4-5,8,10-11H,2-3,6-7,14H2,1H3,(H,15,16)/t10-,11-/m1/s1. The first kappa shape index (κ1) is 12.8. The predicted molar refractivity (Wildman–Crippen MR) is 69.4 cm³/mol. The lowest BCUT2D eigenvalue weighted by Crippen LogP contribution is -2.43. The highest BCUT2D eigenvalue weighted by Crippen LogP contribution is 2.22. The molecule has 1 aliphatic rings. The predicted octanol–water partition coefficient (Wildman–Crippen LogP) is 1.55. The lowest BCUT2D eigenvalue weighted by Gasteiger charge is -2.30. The molecule has 1 heterocycles. The van der Waals surface area contributed by atoms with Crippen LogP contribution in [0.4, 0.5) is 5.82 Å². The van der Waals surface area contributed by atoms with Gasteiger partial charge in [-0.05, 0) is 25.0 Å². The first-order valence-corrected chi connectivity index (χ1v) is 6.28. The van der Waals surface area contributed by atoms with Crippen molar-refractivity contribution in [2.45, 2.75) is 37.8 Å². The van der Waals surface area contributed by atoms with Crippen molar-refractivity contribution in [3.05, 3.63) is 23.9 Å². The summed E-state index contributed by atoms with van der Waals surface area (Å²) >= 11 is 0. The Morgan fingerprint density at radius 1 is 1.50 bits per heavy atom. The molecule has 0 bridgehead atoms. The first-order valence-electron chi connectivity index (χ1n) is 6.28. The van der Waals surface area contributed by atoms with Crippen LogP contribution in [0, 0.1) is 0 Å². The number of hydrogen-bond donors (Lipinski definition) is 2. The molecule has 0 saturated heterocycles. The van der Waals surface area contributed by atoms with E-state index in [0.29, 0.717) is 11.4 Å². The maximum absolute atomic E-state index is 11.6. The number of nitrogens with one attached hydrogen (secondary N) is 1. The Morgan fingerprint density at radius 3 is 3.00 bits per heavy atom. The van der Waals surface area contributed by atoms with Crippen LogP contribution in [0.1, 0.15) is 36.0 Å². The molecule has 5 heteroatoms. The summed E-state index contributed by atoms with van der Waals surface area (Å²) in [6.45, 7) is 0. The van der Waals surface area contributed by atoms with E-state index in [4.69, 9.17) is 10.5 Å². The van der Waals surface area contributed by atoms with E-state index in [-0.39, 0.29) is 18.1 Å². The smallest absolute Gasteiger partial charge is 0.341 e. The van der Waals surface area contributed by atoms with E-state index in [0.717, 1.165) is 19.3 Å². The second-order valence-corrected chi connectivity index (χ2v) is 4.59. The molecule has 0 spiro atoms. The summed E-state index contributed by atoms with van der Waals surface area (Å²) in [5.41, 5.74) is 6.54. The van der Waals surface area contributed by atoms with Crippen LogP contribution in [0.2, 0.25) is 0 Å². The highest BCUT2D eigenvalue weighted by atomic mass is 16.5. The number of aromatic nitrogens is 1. The van der Waals surface area contributed by atoms with Crippen LogP contribution in [0.15, 0.2) is 18.3 Å². The molecule has 5 nitrogen and oxygen atoms in total. The van der Waals surface area contributed by atoms with Crippen LogP contribution in [-0.2, 0) is 4.74 Å². The molecular formula is C13H19N3O2. The Balaban J connectivity index is 2.15. The van der Waals surface area contributed by atoms with Crippen molar-refractivity contribution in [2.75, 3.05) is 12.4 Å². The van der Waals surface area contributed by atoms with Gasteiger partial charge in [-0.25, -0.2) is 9.78 Å². The van der Waals surface area contributed by atoms with Gasteiger partial charge in [0.05, 0.1) is 7.11 Å². The van der Waals surface area contributed by atoms with Crippen molar-refractivity contribution in [1.29, 1.82) is 0 Å². The molecule has 2 atom stereocenters. The molecule has 18 heavy (non-hydrogen) atoms. The summed E-state index contributed by atoms with van der Waals surface area (Å²) in [6, 6.07) is 3.72. The Hall–Kier alpha value is -1.62. The highest BCUT2D eigenvalue weighted by Gasteiger charge is 2.23. The zero-order valence-electron chi connectivity index (χ0n) is 10.6. The summed E-state index contributed by atoms with van der Waals surface area (Å²) in [7, 11) is 1.37. The molecule has 1 aromatic heterocycles. The Kier molecular flexibility index (Phi) is 4.15. The summed E-state index contributed by atoms with van der Waals surface area (Å²) < 4.78 is 4.74. The number of rotatable bonds is 3. The van der Waals surface area contributed by atoms with Gasteiger partial charge in [-0.15, -0.1) is 0 Å². The van der Waals surface area contributed by atoms with Crippen LogP contribution in [0.3, 0.4) is 0 Å². The topological polar surface area (TPSA) is 77.2 Å². The summed E-state index contributed by atoms with van der Waals surface area (Å²) in [5, 5.41) is 3.28. The van der Waals surface area contributed by atoms with Gasteiger partial charge in [0.1, 0.15) is 11.4 Å². The van der Waals surface area contributed by atoms with Gasteiger partial charge in [0.15, 0.2) is 0 Å². The SMILES string of the molecule is COC(=O)c1cccnc1N[C@@H]1CCCC[C@H]1N. The van der Waals surface area contributed by atoms with Crippen molar-refractivity contribution in [3.8, 4) is 0 Å². The zero-order chi connectivity index (χ0) is 13.0. The Labute approximate surface area is 107 Å². The molecule has 0 amide bonds. The van der Waals surface area contributed by atoms with Crippen LogP contribution >= 0.6 is 0 Å². The molecule has 1 saturated carbocycles. The van der Waals surface area contributed by atoms with Gasteiger partial charge in [0.25, 0.3) is 0 Å². The number of carbonyl (C=O) groups is 1. The maximum atomic E-state index is 11.6. The molecule has 98 valence electrons. The number of esters is 1. The van der Waals surface area contributed by atoms with E-state index in [1.807, 2.05) is 0 Å². The van der Waals surface area contributed by atoms with Crippen molar-refractivity contribution in [1.82, 2.24) is 4.98 Å². The van der Waals surface area contributed by atoms with Crippen molar-refractivity contribution >= 4 is 11.8 Å². The van der Waals surface area contributed by atoms with E-state index >= 15 is 0 Å². The minimum atomic E-state index is -0.380. The highest BCUT2D eigenvalue weighted by molar-refractivity contribution is 5.94. The zero-order valence-corrected chi connectivity index (χ0v) is 10.6. The van der Waals surface area contributed by atoms with E-state index in [1.165, 1.54) is 13.5 Å². The molecule has 0 radical (unpaired) electrons. The minimum absolute atomic E-state index is 0.117. The van der Waals surface area contributed by atoms with Crippen LogP contribution in [0.5, 0.6) is 0 Å². The van der Waals surface area contributed by atoms with Gasteiger partial charge in [0, 0.05) is 18.3 Å². The number of nitrogens with zero attached hydrogens (tertiary/aromatic N) is 1. The third kappa shape index (κ3) is 2.79. The molecule has 0 aliphatic heterocycles. The maximum Gasteiger partial charge on any atom is 0.341 e. The van der Waals surface area contributed by atoms with Crippen LogP contribution < -0.4 is 11.1 Å². The van der Waals surface area contributed by atoms with Crippen LogP contribution in [-0.4, -0.2) is 30.1 Å². The first-order chi connectivity index (χ1) is 8.72. The molecule has 0 aromatic carbocycles. The average Bonchev–Trinajstić information content (AvgIpc) is 2.41. The van der Waals surface area contributed by atoms with E-state index in [2.05, 4.69) is 10.3 Å². The van der Waals surface area contributed by atoms with Crippen LogP contribution in [0.25, 0.3) is 0 Å². The fraction of sp³-hybridized carbons (Fsp3) is 0.538. The third-order valence-corrected chi connectivity index (χ3v) is 3.35. The van der Waals surface area contributed by atoms with E-state index in [9.17, 15) is 4.79 Å². The average molecular weight is 249 g/mol. The second-order valence-electron chi connectivity index (χ2n) is 4.59. The quantitative estimate of drug-likeness (QED) is 0.795. The van der Waals surface area contributed by atoms with Gasteiger partial charge in [-0.3, -0.25) is 0 Å². The molecule has 3 N–H and O–H groups in total. The monoisotopic (exact) mass is 249 g/mol. The molecule has 1 aromatic rings. The fourth-order valence-electron chi connectivity index (χ4n) is 2.31. The third-order valence-electron chi connectivity index (χ3n) is 3.35. The molecule has 1 fully saturated rings. The normalized spacial score (nSPS) is 23.4. The lowest BCUT2D eigenvalue weighted by atomic mass is 9.91. The van der Waals surface area contributed by atoms with Gasteiger partial charge >= 0.3 is 5.97 Å². The summed E-state index contributed by atoms with van der Waals surface area (Å²) in [5.74, 6) is 0.182. The molecular weight excluding hydrogens is 230 g/mol. The number of ether oxygens (including phenoxy) is 1. The number of anilines is 1. The summed E-state index contributed by atoms with van der Waals surface area (Å²) in [6.07, 6.45) is 6.01. The van der Waals surface area contributed by atoms with Crippen molar-refractivity contribution < 1.29 is 9.53 Å². The minimum Gasteiger partial charge on any atom is -0.465 e. The molecule has 1 aliphatic carbocycles. The van der Waals surface area contributed by atoms with E-state index in [1.54, 1.807) is 18.3 Å². The number of hydrogen-bond acceptors (Lipinski definition) is 5. The van der Waals surface area contributed by atoms with Gasteiger partial charge < -0.3 is 15.8 Å². The lowest BCUT2D eigenvalue weighted by molar-refractivity contribution is 0.0601. The molecule has 2 rings (SSSR count). The van der Waals surface area contributed by atoms with E-state index < -0.39 is 0 Å². The summed E-state index contributed by atoms with van der Waals surface area (Å²) in [4.78, 5) is 15.8. The van der Waals surface area contributed by atoms with Crippen molar-refractivity contribution in [2.24, 2.45) is 5.73 Å². The molecule has 0 unspecified atom stereocenters. The largest absolute Gasteiger partial charge is 0.465 e. The Morgan fingerprint density at radius 2 is 2.28 bits per heavy atom. The van der Waals surface area contributed by atoms with Gasteiger partial charge in [0.2, 0.25) is 0 Å². The second kappa shape index (κ2) is 5.82. The van der Waals surface area contributed by atoms with Gasteiger partial charge in [-0.2, -0.15) is 0 Å². The number of carbonyl (C=O) groups excluding carboxylic acids is 1. The van der Waals surface area contributed by atoms with Gasteiger partial charge in [-0.1, -0.05) is 12.8 Å². The number of nitrogens with two attached hydrogens (primary N) is 1. The Bertz CT molecular complexity index is 422. The number of methoxy groups -OCH3 is 1. The van der Waals surface area contributed by atoms with Crippen molar-refractivity contribution in [3.63, 3.8) is 0 Å². The fourth-order valence-corrected chi connectivity index (χ4v) is 2.31. The number of pyridine rings is 1.